The molecular formula is C24H38FN5O4. The molecule has 190 valence electrons. The standard InChI is InChI=1S/C24H38FN5O4/c1-34-16-15-29(12-3-2-6-20-8-7-18-5-4-11-26-22(18)27-20)13-10-21(23(31)32)28-24(33)30-14-9-19(25)17-30/h7-8,19,21H,2-6,9-17H2,1H3,(H,26,27)(H,28,33)(H,31,32)/t19-,21-/m0/s1. The summed E-state index contributed by atoms with van der Waals surface area (Å²) in [6.45, 7) is 3.88. The molecule has 34 heavy (non-hydrogen) atoms. The number of aliphatic carboxylic acids is 1. The largest absolute Gasteiger partial charge is 0.480 e. The summed E-state index contributed by atoms with van der Waals surface area (Å²) in [6, 6.07) is 2.76. The van der Waals surface area contributed by atoms with Crippen molar-refractivity contribution in [3.05, 3.63) is 23.4 Å². The molecule has 0 bridgehead atoms. The number of likely N-dealkylation sites (tertiary alicyclic amines) is 1. The van der Waals surface area contributed by atoms with Gasteiger partial charge in [0.1, 0.15) is 18.0 Å². The van der Waals surface area contributed by atoms with Crippen LogP contribution in [0.5, 0.6) is 0 Å². The fourth-order valence-electron chi connectivity index (χ4n) is 4.42. The molecule has 3 N–H and O–H groups in total. The van der Waals surface area contributed by atoms with Crippen molar-refractivity contribution >= 4 is 17.8 Å². The van der Waals surface area contributed by atoms with Crippen molar-refractivity contribution in [2.45, 2.75) is 57.2 Å². The number of carbonyl (C=O) groups is 2. The van der Waals surface area contributed by atoms with Gasteiger partial charge in [0, 0.05) is 39.0 Å². The monoisotopic (exact) mass is 479 g/mol. The molecule has 0 radical (unpaired) electrons. The van der Waals surface area contributed by atoms with Crippen LogP contribution < -0.4 is 10.6 Å². The Hall–Kier alpha value is -2.46. The van der Waals surface area contributed by atoms with Crippen molar-refractivity contribution in [3.63, 3.8) is 0 Å². The third-order valence-corrected chi connectivity index (χ3v) is 6.47. The second kappa shape index (κ2) is 13.4. The number of carboxylic acid groups (broad SMARTS) is 1. The molecular weight excluding hydrogens is 441 g/mol. The fraction of sp³-hybridized carbons (Fsp3) is 0.708. The Labute approximate surface area is 201 Å². The Bertz CT molecular complexity index is 812. The minimum atomic E-state index is -1.08. The number of alkyl halides is 1. The number of halogens is 1. The molecule has 0 unspecified atom stereocenters. The predicted octanol–water partition coefficient (Wildman–Crippen LogP) is 2.31. The quantitative estimate of drug-likeness (QED) is 0.373. The fourth-order valence-corrected chi connectivity index (χ4v) is 4.42. The van der Waals surface area contributed by atoms with E-state index in [1.165, 1.54) is 10.5 Å². The normalized spacial score (nSPS) is 18.4. The van der Waals surface area contributed by atoms with Gasteiger partial charge in [-0.2, -0.15) is 0 Å². The Morgan fingerprint density at radius 3 is 2.94 bits per heavy atom. The van der Waals surface area contributed by atoms with Crippen LogP contribution in [0.1, 0.15) is 43.4 Å². The van der Waals surface area contributed by atoms with Gasteiger partial charge in [0.25, 0.3) is 0 Å². The summed E-state index contributed by atoms with van der Waals surface area (Å²) in [5, 5.41) is 15.5. The molecule has 2 aliphatic rings. The number of carbonyl (C=O) groups excluding carboxylic acids is 1. The highest BCUT2D eigenvalue weighted by molar-refractivity contribution is 5.82. The zero-order valence-corrected chi connectivity index (χ0v) is 20.1. The molecule has 2 atom stereocenters. The lowest BCUT2D eigenvalue weighted by atomic mass is 10.1. The highest BCUT2D eigenvalue weighted by Gasteiger charge is 2.29. The molecule has 0 aromatic carbocycles. The van der Waals surface area contributed by atoms with Gasteiger partial charge < -0.3 is 30.3 Å². The molecule has 0 spiro atoms. The number of hydrogen-bond acceptors (Lipinski definition) is 6. The van der Waals surface area contributed by atoms with Gasteiger partial charge in [-0.25, -0.2) is 19.0 Å². The molecule has 2 aliphatic heterocycles. The van der Waals surface area contributed by atoms with Gasteiger partial charge in [0.2, 0.25) is 0 Å². The van der Waals surface area contributed by atoms with Gasteiger partial charge in [-0.05, 0) is 63.1 Å². The van der Waals surface area contributed by atoms with Gasteiger partial charge >= 0.3 is 12.0 Å². The Kier molecular flexibility index (Phi) is 10.3. The van der Waals surface area contributed by atoms with E-state index in [1.807, 2.05) is 0 Å². The van der Waals surface area contributed by atoms with E-state index in [1.54, 1.807) is 7.11 Å². The summed E-state index contributed by atoms with van der Waals surface area (Å²) in [7, 11) is 1.64. The average Bonchev–Trinajstić information content (AvgIpc) is 3.28. The maximum absolute atomic E-state index is 13.4. The number of ether oxygens (including phenoxy) is 1. The minimum Gasteiger partial charge on any atom is -0.480 e. The molecule has 0 saturated carbocycles. The van der Waals surface area contributed by atoms with Crippen molar-refractivity contribution < 1.29 is 23.8 Å². The summed E-state index contributed by atoms with van der Waals surface area (Å²) in [5.41, 5.74) is 2.37. The van der Waals surface area contributed by atoms with E-state index in [2.05, 4.69) is 27.7 Å². The molecule has 3 rings (SSSR count). The Morgan fingerprint density at radius 2 is 2.21 bits per heavy atom. The molecule has 9 nitrogen and oxygen atoms in total. The number of rotatable bonds is 13. The average molecular weight is 480 g/mol. The maximum atomic E-state index is 13.4. The summed E-state index contributed by atoms with van der Waals surface area (Å²) in [5.74, 6) is -0.0636. The molecule has 1 aromatic rings. The lowest BCUT2D eigenvalue weighted by Gasteiger charge is -2.25. The van der Waals surface area contributed by atoms with Crippen LogP contribution in [0.2, 0.25) is 0 Å². The molecule has 10 heteroatoms. The van der Waals surface area contributed by atoms with Crippen molar-refractivity contribution in [1.82, 2.24) is 20.1 Å². The second-order valence-corrected chi connectivity index (χ2v) is 9.09. The molecule has 1 fully saturated rings. The number of pyridine rings is 1. The van der Waals surface area contributed by atoms with E-state index in [9.17, 15) is 19.1 Å². The number of fused-ring (bicyclic) bond motifs is 1. The minimum absolute atomic E-state index is 0.0211. The molecule has 3 heterocycles. The van der Waals surface area contributed by atoms with Gasteiger partial charge in [-0.1, -0.05) is 6.07 Å². The lowest BCUT2D eigenvalue weighted by molar-refractivity contribution is -0.139. The third kappa shape index (κ3) is 8.09. The van der Waals surface area contributed by atoms with Crippen LogP contribution in [0, 0.1) is 0 Å². The number of aryl methyl sites for hydroxylation is 2. The first-order valence-corrected chi connectivity index (χ1v) is 12.3. The number of hydrogen-bond donors (Lipinski definition) is 3. The number of urea groups is 1. The van der Waals surface area contributed by atoms with Crippen LogP contribution >= 0.6 is 0 Å². The number of methoxy groups -OCH3 is 1. The van der Waals surface area contributed by atoms with Crippen LogP contribution in [0.3, 0.4) is 0 Å². The Balaban J connectivity index is 1.43. The third-order valence-electron chi connectivity index (χ3n) is 6.47. The predicted molar refractivity (Wildman–Crippen MR) is 128 cm³/mol. The summed E-state index contributed by atoms with van der Waals surface area (Å²) in [4.78, 5) is 32.3. The van der Waals surface area contributed by atoms with Crippen LogP contribution in [0.4, 0.5) is 15.0 Å². The van der Waals surface area contributed by atoms with Gasteiger partial charge in [-0.3, -0.25) is 0 Å². The van der Waals surface area contributed by atoms with Crippen LogP contribution in [-0.4, -0.2) is 97.1 Å². The van der Waals surface area contributed by atoms with Crippen LogP contribution in [0.15, 0.2) is 12.1 Å². The first-order valence-electron chi connectivity index (χ1n) is 12.3. The Morgan fingerprint density at radius 1 is 1.35 bits per heavy atom. The summed E-state index contributed by atoms with van der Waals surface area (Å²) < 4.78 is 18.6. The van der Waals surface area contributed by atoms with E-state index in [4.69, 9.17) is 9.72 Å². The van der Waals surface area contributed by atoms with E-state index in [0.29, 0.717) is 32.7 Å². The van der Waals surface area contributed by atoms with Crippen LogP contribution in [0.25, 0.3) is 0 Å². The van der Waals surface area contributed by atoms with Crippen molar-refractivity contribution in [2.24, 2.45) is 0 Å². The second-order valence-electron chi connectivity index (χ2n) is 9.09. The number of unbranched alkanes of at least 4 members (excludes halogenated alkanes) is 1. The van der Waals surface area contributed by atoms with Crippen LogP contribution in [-0.2, 0) is 22.4 Å². The number of carboxylic acids is 1. The summed E-state index contributed by atoms with van der Waals surface area (Å²) >= 11 is 0. The zero-order chi connectivity index (χ0) is 24.3. The lowest BCUT2D eigenvalue weighted by Crippen LogP contribution is -2.48. The number of nitrogens with one attached hydrogen (secondary N) is 2. The number of aromatic nitrogens is 1. The molecule has 1 saturated heterocycles. The number of amides is 2. The number of nitrogens with zero attached hydrogens (tertiary/aromatic N) is 3. The van der Waals surface area contributed by atoms with Crippen molar-refractivity contribution in [3.8, 4) is 0 Å². The van der Waals surface area contributed by atoms with Crippen molar-refractivity contribution in [2.75, 3.05) is 58.3 Å². The zero-order valence-electron chi connectivity index (χ0n) is 20.1. The molecule has 2 amide bonds. The maximum Gasteiger partial charge on any atom is 0.326 e. The first kappa shape index (κ1) is 26.2. The van der Waals surface area contributed by atoms with E-state index in [0.717, 1.165) is 56.7 Å². The van der Waals surface area contributed by atoms with E-state index in [-0.39, 0.29) is 13.0 Å². The highest BCUT2D eigenvalue weighted by atomic mass is 19.1. The molecule has 0 aliphatic carbocycles. The van der Waals surface area contributed by atoms with Crippen molar-refractivity contribution in [1.29, 1.82) is 0 Å². The number of anilines is 1. The topological polar surface area (TPSA) is 107 Å². The SMILES string of the molecule is COCCN(CCCCc1ccc2c(n1)NCCC2)CC[C@H](NC(=O)N1CC[C@H](F)C1)C(=O)O. The highest BCUT2D eigenvalue weighted by Crippen LogP contribution is 2.20. The molecule has 1 aromatic heterocycles. The van der Waals surface area contributed by atoms with Gasteiger partial charge in [0.05, 0.1) is 13.2 Å². The smallest absolute Gasteiger partial charge is 0.326 e. The van der Waals surface area contributed by atoms with E-state index >= 15 is 0 Å². The summed E-state index contributed by atoms with van der Waals surface area (Å²) in [6.07, 6.45) is 4.59. The van der Waals surface area contributed by atoms with E-state index < -0.39 is 24.2 Å². The first-order chi connectivity index (χ1) is 16.5. The van der Waals surface area contributed by atoms with Gasteiger partial charge in [0.15, 0.2) is 0 Å². The van der Waals surface area contributed by atoms with Gasteiger partial charge in [-0.15, -0.1) is 0 Å².